The molecule has 0 aliphatic carbocycles. The van der Waals surface area contributed by atoms with Crippen LogP contribution in [0.2, 0.25) is 0 Å². The Morgan fingerprint density at radius 2 is 2.04 bits per heavy atom. The molecule has 0 radical (unpaired) electrons. The van der Waals surface area contributed by atoms with Gasteiger partial charge in [-0.1, -0.05) is 24.3 Å². The molecule has 0 saturated carbocycles. The number of benzene rings is 2. The maximum atomic E-state index is 14.0. The van der Waals surface area contributed by atoms with E-state index in [1.807, 2.05) is 30.3 Å². The van der Waals surface area contributed by atoms with E-state index in [1.54, 1.807) is 30.0 Å². The van der Waals surface area contributed by atoms with Gasteiger partial charge in [0.25, 0.3) is 0 Å². The molecule has 120 valence electrons. The summed E-state index contributed by atoms with van der Waals surface area (Å²) >= 11 is 0. The summed E-state index contributed by atoms with van der Waals surface area (Å²) in [6.45, 7) is 0.987. The number of nitrogens with one attached hydrogen (secondary N) is 1. The molecule has 2 amide bonds. The fourth-order valence-electron chi connectivity index (χ4n) is 2.85. The van der Waals surface area contributed by atoms with E-state index in [4.69, 9.17) is 0 Å². The smallest absolute Gasteiger partial charge is 0.322 e. The van der Waals surface area contributed by atoms with Crippen molar-refractivity contribution in [1.82, 2.24) is 5.32 Å². The first-order chi connectivity index (χ1) is 11.1. The third-order valence-corrected chi connectivity index (χ3v) is 4.07. The van der Waals surface area contributed by atoms with Gasteiger partial charge in [0.15, 0.2) is 0 Å². The number of fused-ring (bicyclic) bond motifs is 1. The molecule has 2 aromatic carbocycles. The summed E-state index contributed by atoms with van der Waals surface area (Å²) in [6.07, 6.45) is 0.871. The lowest BCUT2D eigenvalue weighted by Crippen LogP contribution is -2.38. The summed E-state index contributed by atoms with van der Waals surface area (Å²) in [6, 6.07) is 12.8. The maximum Gasteiger partial charge on any atom is 0.322 e. The summed E-state index contributed by atoms with van der Waals surface area (Å²) in [5, 5.41) is 2.86. The molecular formula is C18H20FN3O. The van der Waals surface area contributed by atoms with E-state index < -0.39 is 0 Å². The van der Waals surface area contributed by atoms with Crippen molar-refractivity contribution in [3.63, 3.8) is 0 Å². The summed E-state index contributed by atoms with van der Waals surface area (Å²) in [5.41, 5.74) is 3.42. The lowest BCUT2D eigenvalue weighted by atomic mass is 10.2. The van der Waals surface area contributed by atoms with Crippen LogP contribution >= 0.6 is 0 Å². The zero-order valence-electron chi connectivity index (χ0n) is 13.3. The minimum atomic E-state index is -0.284. The number of amides is 2. The lowest BCUT2D eigenvalue weighted by molar-refractivity contribution is 0.246. The predicted octanol–water partition coefficient (Wildman–Crippen LogP) is 3.16. The molecule has 0 spiro atoms. The van der Waals surface area contributed by atoms with Crippen LogP contribution in [0.25, 0.3) is 0 Å². The van der Waals surface area contributed by atoms with Gasteiger partial charge in [-0.2, -0.15) is 0 Å². The van der Waals surface area contributed by atoms with Crippen LogP contribution in [0.1, 0.15) is 11.1 Å². The number of para-hydroxylation sites is 1. The van der Waals surface area contributed by atoms with Crippen LogP contribution in [-0.4, -0.2) is 26.7 Å². The molecule has 0 fully saturated rings. The molecule has 0 unspecified atom stereocenters. The van der Waals surface area contributed by atoms with Crippen LogP contribution in [0, 0.1) is 5.82 Å². The van der Waals surface area contributed by atoms with Crippen molar-refractivity contribution in [2.24, 2.45) is 0 Å². The molecule has 0 saturated heterocycles. The zero-order valence-corrected chi connectivity index (χ0v) is 13.3. The van der Waals surface area contributed by atoms with Gasteiger partial charge in [-0.25, -0.2) is 9.18 Å². The fraction of sp³-hybridized carbons (Fsp3) is 0.278. The zero-order chi connectivity index (χ0) is 16.4. The molecule has 0 aromatic heterocycles. The largest absolute Gasteiger partial charge is 0.375 e. The van der Waals surface area contributed by atoms with Crippen molar-refractivity contribution in [3.05, 3.63) is 59.4 Å². The van der Waals surface area contributed by atoms with E-state index in [9.17, 15) is 9.18 Å². The van der Waals surface area contributed by atoms with Gasteiger partial charge in [-0.3, -0.25) is 4.90 Å². The molecule has 23 heavy (non-hydrogen) atoms. The van der Waals surface area contributed by atoms with Crippen molar-refractivity contribution in [2.75, 3.05) is 30.4 Å². The van der Waals surface area contributed by atoms with E-state index >= 15 is 0 Å². The molecule has 0 atom stereocenters. The maximum absolute atomic E-state index is 14.0. The second kappa shape index (κ2) is 6.28. The second-order valence-electron chi connectivity index (χ2n) is 5.87. The number of carbonyl (C=O) groups excluding carboxylic acids is 1. The topological polar surface area (TPSA) is 35.6 Å². The van der Waals surface area contributed by atoms with Crippen molar-refractivity contribution < 1.29 is 9.18 Å². The fourth-order valence-corrected chi connectivity index (χ4v) is 2.85. The molecular weight excluding hydrogens is 293 g/mol. The molecule has 2 aromatic rings. The second-order valence-corrected chi connectivity index (χ2v) is 5.87. The van der Waals surface area contributed by atoms with Crippen molar-refractivity contribution in [2.45, 2.75) is 13.0 Å². The van der Waals surface area contributed by atoms with Crippen molar-refractivity contribution in [1.29, 1.82) is 0 Å². The Morgan fingerprint density at radius 1 is 1.26 bits per heavy atom. The molecule has 0 bridgehead atoms. The van der Waals surface area contributed by atoms with Gasteiger partial charge in [0.1, 0.15) is 5.82 Å². The Morgan fingerprint density at radius 3 is 2.78 bits per heavy atom. The van der Waals surface area contributed by atoms with Crippen LogP contribution in [-0.2, 0) is 13.0 Å². The lowest BCUT2D eigenvalue weighted by Gasteiger charge is -2.18. The molecule has 4 nitrogen and oxygen atoms in total. The average Bonchev–Trinajstić information content (AvgIpc) is 2.96. The number of carbonyl (C=O) groups is 1. The third-order valence-electron chi connectivity index (χ3n) is 4.07. The number of rotatable bonds is 3. The third kappa shape index (κ3) is 3.13. The first-order valence-corrected chi connectivity index (χ1v) is 7.65. The SMILES string of the molecule is CN(C)c1ccc(CNC(=O)N2CCc3ccccc32)cc1F. The highest BCUT2D eigenvalue weighted by Crippen LogP contribution is 2.27. The highest BCUT2D eigenvalue weighted by Gasteiger charge is 2.23. The number of anilines is 2. The van der Waals surface area contributed by atoms with Gasteiger partial charge in [0, 0.05) is 32.9 Å². The Hall–Kier alpha value is -2.56. The molecule has 1 aliphatic rings. The number of nitrogens with zero attached hydrogens (tertiary/aromatic N) is 2. The molecule has 1 N–H and O–H groups in total. The van der Waals surface area contributed by atoms with Gasteiger partial charge in [0.2, 0.25) is 0 Å². The van der Waals surface area contributed by atoms with Crippen molar-refractivity contribution in [3.8, 4) is 0 Å². The number of halogens is 1. The Bertz CT molecular complexity index is 730. The predicted molar refractivity (Wildman–Crippen MR) is 90.5 cm³/mol. The van der Waals surface area contributed by atoms with Crippen molar-refractivity contribution >= 4 is 17.4 Å². The first kappa shape index (κ1) is 15.3. The van der Waals surface area contributed by atoms with Crippen LogP contribution in [0.3, 0.4) is 0 Å². The van der Waals surface area contributed by atoms with E-state index in [2.05, 4.69) is 5.32 Å². The number of urea groups is 1. The van der Waals surface area contributed by atoms with Gasteiger partial charge < -0.3 is 10.2 Å². The van der Waals surface area contributed by atoms with Crippen LogP contribution in [0.4, 0.5) is 20.6 Å². The Balaban J connectivity index is 1.65. The summed E-state index contributed by atoms with van der Waals surface area (Å²) in [5.74, 6) is -0.284. The van der Waals surface area contributed by atoms with Gasteiger partial charge in [0.05, 0.1) is 5.69 Å². The van der Waals surface area contributed by atoms with Crippen LogP contribution in [0.15, 0.2) is 42.5 Å². The molecule has 1 aliphatic heterocycles. The van der Waals surface area contributed by atoms with Crippen LogP contribution in [0.5, 0.6) is 0 Å². The number of hydrogen-bond acceptors (Lipinski definition) is 2. The summed E-state index contributed by atoms with van der Waals surface area (Å²) < 4.78 is 14.0. The molecule has 3 rings (SSSR count). The van der Waals surface area contributed by atoms with Crippen LogP contribution < -0.4 is 15.1 Å². The Labute approximate surface area is 135 Å². The van der Waals surface area contributed by atoms with E-state index in [0.717, 1.165) is 17.7 Å². The standard InChI is InChI=1S/C18H20FN3O/c1-21(2)17-8-7-13(11-15(17)19)12-20-18(23)22-10-9-14-5-3-4-6-16(14)22/h3-8,11H,9-10,12H2,1-2H3,(H,20,23). The van der Waals surface area contributed by atoms with Gasteiger partial charge >= 0.3 is 6.03 Å². The highest BCUT2D eigenvalue weighted by molar-refractivity contribution is 5.94. The average molecular weight is 313 g/mol. The Kier molecular flexibility index (Phi) is 4.19. The van der Waals surface area contributed by atoms with E-state index in [1.165, 1.54) is 11.6 Å². The minimum absolute atomic E-state index is 0.146. The van der Waals surface area contributed by atoms with E-state index in [0.29, 0.717) is 18.8 Å². The normalized spacial score (nSPS) is 12.9. The summed E-state index contributed by atoms with van der Waals surface area (Å²) in [7, 11) is 3.59. The minimum Gasteiger partial charge on any atom is -0.375 e. The quantitative estimate of drug-likeness (QED) is 0.945. The van der Waals surface area contributed by atoms with E-state index in [-0.39, 0.29) is 11.8 Å². The summed E-state index contributed by atoms with van der Waals surface area (Å²) in [4.78, 5) is 15.8. The first-order valence-electron chi connectivity index (χ1n) is 7.65. The highest BCUT2D eigenvalue weighted by atomic mass is 19.1. The monoisotopic (exact) mass is 313 g/mol. The molecule has 5 heteroatoms. The molecule has 1 heterocycles. The van der Waals surface area contributed by atoms with Gasteiger partial charge in [-0.15, -0.1) is 0 Å². The number of hydrogen-bond donors (Lipinski definition) is 1. The van der Waals surface area contributed by atoms with Gasteiger partial charge in [-0.05, 0) is 35.7 Å².